The van der Waals surface area contributed by atoms with Gasteiger partial charge in [0, 0.05) is 9.99 Å². The molecule has 0 spiro atoms. The fourth-order valence-electron chi connectivity index (χ4n) is 1.47. The molecule has 17 heavy (non-hydrogen) atoms. The molecule has 0 heterocycles. The van der Waals surface area contributed by atoms with Crippen LogP contribution in [0.15, 0.2) is 48.5 Å². The fraction of sp³-hybridized carbons (Fsp3) is 0.143. The van der Waals surface area contributed by atoms with Gasteiger partial charge in [0.1, 0.15) is 11.6 Å². The van der Waals surface area contributed by atoms with Crippen LogP contribution in [-0.4, -0.2) is 6.61 Å². The van der Waals surface area contributed by atoms with Gasteiger partial charge in [-0.15, -0.1) is 0 Å². The highest BCUT2D eigenvalue weighted by Gasteiger charge is 1.96. The number of hydrogen-bond donors (Lipinski definition) is 0. The molecule has 0 aromatic heterocycles. The summed E-state index contributed by atoms with van der Waals surface area (Å²) in [6.45, 7) is 0.603. The summed E-state index contributed by atoms with van der Waals surface area (Å²) in [6.07, 6.45) is 0.784. The summed E-state index contributed by atoms with van der Waals surface area (Å²) in [5.41, 5.74) is 1.08. The third kappa shape index (κ3) is 4.00. The highest BCUT2D eigenvalue weighted by atomic mass is 127. The van der Waals surface area contributed by atoms with Crippen molar-refractivity contribution in [1.29, 1.82) is 0 Å². The van der Waals surface area contributed by atoms with Crippen LogP contribution in [0, 0.1) is 9.39 Å². The van der Waals surface area contributed by atoms with Crippen molar-refractivity contribution in [1.82, 2.24) is 0 Å². The molecule has 88 valence electrons. The monoisotopic (exact) mass is 342 g/mol. The van der Waals surface area contributed by atoms with Crippen molar-refractivity contribution in [2.24, 2.45) is 0 Å². The van der Waals surface area contributed by atoms with Crippen LogP contribution < -0.4 is 4.74 Å². The Bertz CT molecular complexity index is 419. The van der Waals surface area contributed by atoms with E-state index in [-0.39, 0.29) is 5.82 Å². The van der Waals surface area contributed by atoms with E-state index in [2.05, 4.69) is 22.6 Å². The first-order valence-corrected chi connectivity index (χ1v) is 6.45. The minimum Gasteiger partial charge on any atom is -0.493 e. The molecule has 0 bridgehead atoms. The van der Waals surface area contributed by atoms with Crippen molar-refractivity contribution >= 4 is 22.6 Å². The molecule has 3 heteroatoms. The molecule has 0 amide bonds. The molecule has 0 unspecified atom stereocenters. The van der Waals surface area contributed by atoms with Crippen LogP contribution >= 0.6 is 22.6 Å². The van der Waals surface area contributed by atoms with Crippen LogP contribution in [-0.2, 0) is 6.42 Å². The van der Waals surface area contributed by atoms with Crippen molar-refractivity contribution in [2.75, 3.05) is 6.61 Å². The summed E-state index contributed by atoms with van der Waals surface area (Å²) in [5, 5.41) is 0. The molecule has 2 aromatic carbocycles. The molecule has 0 saturated heterocycles. The average Bonchev–Trinajstić information content (AvgIpc) is 2.34. The summed E-state index contributed by atoms with van der Waals surface area (Å²) in [7, 11) is 0. The van der Waals surface area contributed by atoms with Crippen molar-refractivity contribution < 1.29 is 9.13 Å². The number of ether oxygens (including phenoxy) is 1. The molecular formula is C14H12FIO. The Labute approximate surface area is 114 Å². The molecule has 1 nitrogen and oxygen atoms in total. The van der Waals surface area contributed by atoms with E-state index in [1.165, 1.54) is 15.7 Å². The van der Waals surface area contributed by atoms with Gasteiger partial charge in [-0.05, 0) is 64.6 Å². The predicted octanol–water partition coefficient (Wildman–Crippen LogP) is 4.05. The molecule has 0 N–H and O–H groups in total. The zero-order valence-electron chi connectivity index (χ0n) is 9.20. The zero-order valence-corrected chi connectivity index (χ0v) is 11.4. The Balaban J connectivity index is 1.83. The van der Waals surface area contributed by atoms with E-state index >= 15 is 0 Å². The number of hydrogen-bond acceptors (Lipinski definition) is 1. The van der Waals surface area contributed by atoms with E-state index in [1.54, 1.807) is 12.1 Å². The molecule has 0 atom stereocenters. The third-order valence-electron chi connectivity index (χ3n) is 2.39. The van der Waals surface area contributed by atoms with E-state index in [0.717, 1.165) is 17.7 Å². The predicted molar refractivity (Wildman–Crippen MR) is 74.8 cm³/mol. The smallest absolute Gasteiger partial charge is 0.123 e. The van der Waals surface area contributed by atoms with Crippen LogP contribution in [0.1, 0.15) is 5.56 Å². The van der Waals surface area contributed by atoms with Crippen LogP contribution in [0.3, 0.4) is 0 Å². The third-order valence-corrected chi connectivity index (χ3v) is 3.11. The van der Waals surface area contributed by atoms with Crippen molar-refractivity contribution in [3.63, 3.8) is 0 Å². The van der Waals surface area contributed by atoms with Crippen molar-refractivity contribution in [2.45, 2.75) is 6.42 Å². The second kappa shape index (κ2) is 6.00. The topological polar surface area (TPSA) is 9.23 Å². The van der Waals surface area contributed by atoms with Gasteiger partial charge in [-0.1, -0.05) is 12.1 Å². The zero-order chi connectivity index (χ0) is 12.1. The number of halogens is 2. The van der Waals surface area contributed by atoms with Gasteiger partial charge in [-0.3, -0.25) is 0 Å². The summed E-state index contributed by atoms with van der Waals surface area (Å²) >= 11 is 2.26. The Morgan fingerprint density at radius 1 is 0.941 bits per heavy atom. The second-order valence-electron chi connectivity index (χ2n) is 3.68. The summed E-state index contributed by atoms with van der Waals surface area (Å²) < 4.78 is 19.5. The van der Waals surface area contributed by atoms with E-state index in [4.69, 9.17) is 4.74 Å². The average molecular weight is 342 g/mol. The van der Waals surface area contributed by atoms with Gasteiger partial charge >= 0.3 is 0 Å². The molecule has 0 fully saturated rings. The van der Waals surface area contributed by atoms with Gasteiger partial charge in [0.05, 0.1) is 6.61 Å². The quantitative estimate of drug-likeness (QED) is 0.762. The lowest BCUT2D eigenvalue weighted by atomic mass is 10.2. The molecular weight excluding hydrogens is 330 g/mol. The maximum atomic E-state index is 12.7. The van der Waals surface area contributed by atoms with Gasteiger partial charge in [0.15, 0.2) is 0 Å². The molecule has 0 saturated carbocycles. The summed E-state index contributed by atoms with van der Waals surface area (Å²) in [6, 6.07) is 14.4. The van der Waals surface area contributed by atoms with Gasteiger partial charge in [-0.2, -0.15) is 0 Å². The number of benzene rings is 2. The summed E-state index contributed by atoms with van der Waals surface area (Å²) in [4.78, 5) is 0. The Morgan fingerprint density at radius 2 is 1.59 bits per heavy atom. The normalized spacial score (nSPS) is 10.2. The molecule has 2 rings (SSSR count). The van der Waals surface area contributed by atoms with Gasteiger partial charge in [0.25, 0.3) is 0 Å². The summed E-state index contributed by atoms with van der Waals surface area (Å²) in [5.74, 6) is 0.667. The maximum Gasteiger partial charge on any atom is 0.123 e. The minimum absolute atomic E-state index is 0.202. The van der Waals surface area contributed by atoms with Crippen LogP contribution in [0.25, 0.3) is 0 Å². The standard InChI is InChI=1S/C14H12FIO/c15-12-3-1-11(2-4-12)9-10-17-14-7-5-13(16)6-8-14/h1-8H,9-10H2. The lowest BCUT2D eigenvalue weighted by Gasteiger charge is -2.06. The fourth-order valence-corrected chi connectivity index (χ4v) is 1.83. The van der Waals surface area contributed by atoms with Gasteiger partial charge in [-0.25, -0.2) is 4.39 Å². The largest absolute Gasteiger partial charge is 0.493 e. The first kappa shape index (κ1) is 12.4. The molecule has 2 aromatic rings. The SMILES string of the molecule is Fc1ccc(CCOc2ccc(I)cc2)cc1. The van der Waals surface area contributed by atoms with Crippen molar-refractivity contribution in [3.8, 4) is 5.75 Å². The molecule has 0 aliphatic rings. The molecule has 0 radical (unpaired) electrons. The van der Waals surface area contributed by atoms with E-state index in [9.17, 15) is 4.39 Å². The first-order chi connectivity index (χ1) is 8.24. The minimum atomic E-state index is -0.202. The van der Waals surface area contributed by atoms with E-state index in [0.29, 0.717) is 6.61 Å². The van der Waals surface area contributed by atoms with Crippen LogP contribution in [0.5, 0.6) is 5.75 Å². The Morgan fingerprint density at radius 3 is 2.24 bits per heavy atom. The highest BCUT2D eigenvalue weighted by molar-refractivity contribution is 14.1. The van der Waals surface area contributed by atoms with Crippen molar-refractivity contribution in [3.05, 3.63) is 63.5 Å². The van der Waals surface area contributed by atoms with E-state index in [1.807, 2.05) is 24.3 Å². The Hall–Kier alpha value is -1.10. The first-order valence-electron chi connectivity index (χ1n) is 5.37. The Kier molecular flexibility index (Phi) is 4.36. The van der Waals surface area contributed by atoms with Gasteiger partial charge in [0.2, 0.25) is 0 Å². The van der Waals surface area contributed by atoms with Gasteiger partial charge < -0.3 is 4.74 Å². The van der Waals surface area contributed by atoms with Crippen LogP contribution in [0.4, 0.5) is 4.39 Å². The van der Waals surface area contributed by atoms with E-state index < -0.39 is 0 Å². The highest BCUT2D eigenvalue weighted by Crippen LogP contribution is 2.14. The lowest BCUT2D eigenvalue weighted by molar-refractivity contribution is 0.322. The maximum absolute atomic E-state index is 12.7. The second-order valence-corrected chi connectivity index (χ2v) is 4.92. The lowest BCUT2D eigenvalue weighted by Crippen LogP contribution is -2.01. The number of rotatable bonds is 4. The molecule has 0 aliphatic heterocycles. The molecule has 0 aliphatic carbocycles. The van der Waals surface area contributed by atoms with Crippen LogP contribution in [0.2, 0.25) is 0 Å².